The summed E-state index contributed by atoms with van der Waals surface area (Å²) in [6, 6.07) is 0. The van der Waals surface area contributed by atoms with Crippen LogP contribution >= 0.6 is 0 Å². The number of hydrogen-bond acceptors (Lipinski definition) is 1. The molecule has 0 heterocycles. The molecular formula is C11H24O. The van der Waals surface area contributed by atoms with Crippen LogP contribution < -0.4 is 0 Å². The smallest absolute Gasteiger partial charge is 0.0595 e. The second-order valence-corrected chi connectivity index (χ2v) is 5.06. The van der Waals surface area contributed by atoms with Gasteiger partial charge < -0.3 is 4.74 Å². The van der Waals surface area contributed by atoms with Crippen molar-refractivity contribution in [3.63, 3.8) is 0 Å². The molecule has 0 spiro atoms. The van der Waals surface area contributed by atoms with Gasteiger partial charge in [0.15, 0.2) is 0 Å². The summed E-state index contributed by atoms with van der Waals surface area (Å²) in [6.07, 6.45) is 1.55. The minimum atomic E-state index is 0.294. The summed E-state index contributed by atoms with van der Waals surface area (Å²) in [5, 5.41) is 0. The van der Waals surface area contributed by atoms with E-state index < -0.39 is 0 Å². The van der Waals surface area contributed by atoms with Crippen molar-refractivity contribution in [3.8, 4) is 0 Å². The lowest BCUT2D eigenvalue weighted by atomic mass is 9.98. The van der Waals surface area contributed by atoms with E-state index in [2.05, 4.69) is 41.5 Å². The van der Waals surface area contributed by atoms with Crippen molar-refractivity contribution in [2.45, 2.75) is 54.1 Å². The fourth-order valence-corrected chi connectivity index (χ4v) is 1.14. The lowest BCUT2D eigenvalue weighted by molar-refractivity contribution is -0.0169. The van der Waals surface area contributed by atoms with Gasteiger partial charge in [-0.05, 0) is 17.8 Å². The molecule has 0 saturated heterocycles. The predicted octanol–water partition coefficient (Wildman–Crippen LogP) is 3.48. The summed E-state index contributed by atoms with van der Waals surface area (Å²) in [5.74, 6) is 0.636. The molecular weight excluding hydrogens is 148 g/mol. The molecule has 0 amide bonds. The van der Waals surface area contributed by atoms with Crippen molar-refractivity contribution in [1.29, 1.82) is 0 Å². The third-order valence-electron chi connectivity index (χ3n) is 1.88. The van der Waals surface area contributed by atoms with E-state index >= 15 is 0 Å². The molecule has 0 aliphatic carbocycles. The Hall–Kier alpha value is -0.0400. The molecule has 1 nitrogen and oxygen atoms in total. The maximum absolute atomic E-state index is 5.82. The normalized spacial score (nSPS) is 15.2. The maximum atomic E-state index is 5.82. The summed E-state index contributed by atoms with van der Waals surface area (Å²) >= 11 is 0. The molecule has 1 unspecified atom stereocenters. The van der Waals surface area contributed by atoms with E-state index in [0.717, 1.165) is 13.0 Å². The van der Waals surface area contributed by atoms with Crippen LogP contribution in [0, 0.1) is 11.3 Å². The monoisotopic (exact) mass is 172 g/mol. The first-order valence-electron chi connectivity index (χ1n) is 4.98. The standard InChI is InChI=1S/C11H24O/c1-7-10(9(2)3)12-8-11(4,5)6/h9-10H,7-8H2,1-6H3. The zero-order chi connectivity index (χ0) is 9.78. The number of hydrogen-bond donors (Lipinski definition) is 0. The van der Waals surface area contributed by atoms with Gasteiger partial charge in [-0.2, -0.15) is 0 Å². The fourth-order valence-electron chi connectivity index (χ4n) is 1.14. The summed E-state index contributed by atoms with van der Waals surface area (Å²) in [6.45, 7) is 14.1. The van der Waals surface area contributed by atoms with Crippen LogP contribution in [0.2, 0.25) is 0 Å². The SMILES string of the molecule is CCC(OCC(C)(C)C)C(C)C. The summed E-state index contributed by atoms with van der Waals surface area (Å²) in [5.41, 5.74) is 0.294. The quantitative estimate of drug-likeness (QED) is 0.631. The van der Waals surface area contributed by atoms with Gasteiger partial charge in [0.05, 0.1) is 12.7 Å². The fraction of sp³-hybridized carbons (Fsp3) is 1.00. The van der Waals surface area contributed by atoms with E-state index in [1.165, 1.54) is 0 Å². The summed E-state index contributed by atoms with van der Waals surface area (Å²) in [7, 11) is 0. The topological polar surface area (TPSA) is 9.23 Å². The van der Waals surface area contributed by atoms with Crippen LogP contribution in [0.3, 0.4) is 0 Å². The molecule has 0 aromatic carbocycles. The largest absolute Gasteiger partial charge is 0.377 e. The molecule has 0 aliphatic heterocycles. The molecule has 74 valence electrons. The highest BCUT2D eigenvalue weighted by Gasteiger charge is 2.16. The highest BCUT2D eigenvalue weighted by atomic mass is 16.5. The number of ether oxygens (including phenoxy) is 1. The van der Waals surface area contributed by atoms with Crippen molar-refractivity contribution < 1.29 is 4.74 Å². The van der Waals surface area contributed by atoms with E-state index in [9.17, 15) is 0 Å². The van der Waals surface area contributed by atoms with Gasteiger partial charge in [0.1, 0.15) is 0 Å². The Kier molecular flexibility index (Phi) is 4.84. The van der Waals surface area contributed by atoms with Gasteiger partial charge in [0.2, 0.25) is 0 Å². The molecule has 0 bridgehead atoms. The number of rotatable bonds is 4. The first kappa shape index (κ1) is 12.0. The summed E-state index contributed by atoms with van der Waals surface area (Å²) < 4.78 is 5.82. The van der Waals surface area contributed by atoms with E-state index in [4.69, 9.17) is 4.74 Å². The van der Waals surface area contributed by atoms with Gasteiger partial charge in [-0.25, -0.2) is 0 Å². The molecule has 1 atom stereocenters. The van der Waals surface area contributed by atoms with Crippen LogP contribution in [-0.4, -0.2) is 12.7 Å². The molecule has 0 radical (unpaired) electrons. The molecule has 12 heavy (non-hydrogen) atoms. The van der Waals surface area contributed by atoms with Crippen molar-refractivity contribution in [2.75, 3.05) is 6.61 Å². The van der Waals surface area contributed by atoms with Crippen LogP contribution in [-0.2, 0) is 4.74 Å². The highest BCUT2D eigenvalue weighted by Crippen LogP contribution is 2.18. The van der Waals surface area contributed by atoms with Crippen molar-refractivity contribution in [1.82, 2.24) is 0 Å². The Labute approximate surface area is 77.5 Å². The first-order valence-corrected chi connectivity index (χ1v) is 4.98. The molecule has 0 aliphatic rings. The minimum Gasteiger partial charge on any atom is -0.377 e. The molecule has 0 aromatic rings. The van der Waals surface area contributed by atoms with Crippen molar-refractivity contribution in [3.05, 3.63) is 0 Å². The molecule has 0 rings (SSSR count). The van der Waals surface area contributed by atoms with Crippen molar-refractivity contribution in [2.24, 2.45) is 11.3 Å². The molecule has 1 heteroatoms. The Bertz CT molecular complexity index is 111. The lowest BCUT2D eigenvalue weighted by Crippen LogP contribution is -2.25. The zero-order valence-corrected chi connectivity index (χ0v) is 9.48. The van der Waals surface area contributed by atoms with Gasteiger partial charge in [-0.1, -0.05) is 41.5 Å². The second kappa shape index (κ2) is 4.86. The van der Waals surface area contributed by atoms with E-state index in [1.54, 1.807) is 0 Å². The minimum absolute atomic E-state index is 0.294. The summed E-state index contributed by atoms with van der Waals surface area (Å²) in [4.78, 5) is 0. The van der Waals surface area contributed by atoms with Crippen LogP contribution in [0.15, 0.2) is 0 Å². The Morgan fingerprint density at radius 1 is 1.17 bits per heavy atom. The Balaban J connectivity index is 3.73. The average Bonchev–Trinajstić information content (AvgIpc) is 1.85. The van der Waals surface area contributed by atoms with E-state index in [1.807, 2.05) is 0 Å². The van der Waals surface area contributed by atoms with E-state index in [0.29, 0.717) is 17.4 Å². The van der Waals surface area contributed by atoms with Crippen LogP contribution in [0.4, 0.5) is 0 Å². The van der Waals surface area contributed by atoms with Crippen LogP contribution in [0.25, 0.3) is 0 Å². The molecule has 0 N–H and O–H groups in total. The van der Waals surface area contributed by atoms with Gasteiger partial charge in [-0.15, -0.1) is 0 Å². The van der Waals surface area contributed by atoms with Gasteiger partial charge in [0, 0.05) is 0 Å². The van der Waals surface area contributed by atoms with Crippen LogP contribution in [0.1, 0.15) is 48.0 Å². The zero-order valence-electron chi connectivity index (χ0n) is 9.48. The molecule has 0 saturated carbocycles. The van der Waals surface area contributed by atoms with Crippen molar-refractivity contribution >= 4 is 0 Å². The average molecular weight is 172 g/mol. The Morgan fingerprint density at radius 3 is 1.92 bits per heavy atom. The third-order valence-corrected chi connectivity index (χ3v) is 1.88. The lowest BCUT2D eigenvalue weighted by Gasteiger charge is -2.25. The maximum Gasteiger partial charge on any atom is 0.0595 e. The van der Waals surface area contributed by atoms with Gasteiger partial charge in [0.25, 0.3) is 0 Å². The predicted molar refractivity (Wildman–Crippen MR) is 54.3 cm³/mol. The van der Waals surface area contributed by atoms with Gasteiger partial charge in [-0.3, -0.25) is 0 Å². The van der Waals surface area contributed by atoms with Gasteiger partial charge >= 0.3 is 0 Å². The van der Waals surface area contributed by atoms with Crippen LogP contribution in [0.5, 0.6) is 0 Å². The second-order valence-electron chi connectivity index (χ2n) is 5.06. The highest BCUT2D eigenvalue weighted by molar-refractivity contribution is 4.64. The Morgan fingerprint density at radius 2 is 1.67 bits per heavy atom. The third kappa shape index (κ3) is 5.59. The van der Waals surface area contributed by atoms with E-state index in [-0.39, 0.29) is 0 Å². The molecule has 0 aromatic heterocycles. The molecule has 0 fully saturated rings. The first-order chi connectivity index (χ1) is 5.37.